The van der Waals surface area contributed by atoms with Crippen LogP contribution >= 0.6 is 0 Å². The van der Waals surface area contributed by atoms with Crippen LogP contribution in [0.25, 0.3) is 0 Å². The highest BCUT2D eigenvalue weighted by Crippen LogP contribution is 2.25. The second-order valence-corrected chi connectivity index (χ2v) is 5.53. The van der Waals surface area contributed by atoms with E-state index in [2.05, 4.69) is 20.7 Å². The number of nitrogens with two attached hydrogens (primary N) is 1. The van der Waals surface area contributed by atoms with Crippen molar-refractivity contribution in [1.29, 1.82) is 0 Å². The summed E-state index contributed by atoms with van der Waals surface area (Å²) in [6, 6.07) is 0. The Bertz CT molecular complexity index is 432. The van der Waals surface area contributed by atoms with Crippen molar-refractivity contribution >= 4 is 11.6 Å². The predicted octanol–water partition coefficient (Wildman–Crippen LogP) is 0.789. The van der Waals surface area contributed by atoms with Crippen molar-refractivity contribution in [2.24, 2.45) is 5.84 Å². The molecule has 1 rings (SSSR count). The molecule has 0 aliphatic heterocycles. The second kappa shape index (κ2) is 7.37. The highest BCUT2D eigenvalue weighted by molar-refractivity contribution is 5.57. The predicted molar refractivity (Wildman–Crippen MR) is 79.7 cm³/mol. The molecule has 0 aromatic carbocycles. The van der Waals surface area contributed by atoms with E-state index in [1.807, 2.05) is 27.7 Å². The SMILES string of the molecule is Cc1c(NN)nc(C(C)(C)C)nc1NCCOCCO. The maximum absolute atomic E-state index is 8.63. The Morgan fingerprint density at radius 1 is 1.20 bits per heavy atom. The molecule has 114 valence electrons. The molecule has 0 saturated carbocycles. The molecule has 0 amide bonds. The van der Waals surface area contributed by atoms with E-state index in [0.717, 1.165) is 17.2 Å². The van der Waals surface area contributed by atoms with Crippen molar-refractivity contribution in [3.63, 3.8) is 0 Å². The van der Waals surface area contributed by atoms with E-state index in [4.69, 9.17) is 15.7 Å². The molecule has 20 heavy (non-hydrogen) atoms. The number of hydrogen-bond acceptors (Lipinski definition) is 7. The minimum Gasteiger partial charge on any atom is -0.394 e. The van der Waals surface area contributed by atoms with E-state index in [-0.39, 0.29) is 12.0 Å². The molecule has 7 nitrogen and oxygen atoms in total. The Hall–Kier alpha value is -1.44. The molecule has 1 heterocycles. The number of nitrogens with one attached hydrogen (secondary N) is 2. The quantitative estimate of drug-likeness (QED) is 0.333. The van der Waals surface area contributed by atoms with Gasteiger partial charge in [-0.25, -0.2) is 15.8 Å². The Kier molecular flexibility index (Phi) is 6.12. The smallest absolute Gasteiger partial charge is 0.148 e. The average molecular weight is 283 g/mol. The van der Waals surface area contributed by atoms with Gasteiger partial charge in [-0.2, -0.15) is 0 Å². The lowest BCUT2D eigenvalue weighted by molar-refractivity contribution is 0.0992. The second-order valence-electron chi connectivity index (χ2n) is 5.53. The minimum absolute atomic E-state index is 0.0297. The standard InChI is InChI=1S/C13H25N5O2/c1-9-10(15-5-7-20-8-6-19)16-12(13(2,3)4)17-11(9)18-14/h19H,5-8,14H2,1-4H3,(H2,15,16,17,18). The van der Waals surface area contributed by atoms with Crippen LogP contribution in [-0.4, -0.2) is 41.4 Å². The van der Waals surface area contributed by atoms with Crippen LogP contribution in [0.3, 0.4) is 0 Å². The number of rotatable bonds is 7. The Morgan fingerprint density at radius 3 is 2.40 bits per heavy atom. The Labute approximate surface area is 119 Å². The largest absolute Gasteiger partial charge is 0.394 e. The number of aliphatic hydroxyl groups excluding tert-OH is 1. The van der Waals surface area contributed by atoms with E-state index in [1.165, 1.54) is 0 Å². The van der Waals surface area contributed by atoms with Gasteiger partial charge in [0, 0.05) is 17.5 Å². The van der Waals surface area contributed by atoms with Gasteiger partial charge < -0.3 is 20.6 Å². The van der Waals surface area contributed by atoms with Crippen molar-refractivity contribution in [3.05, 3.63) is 11.4 Å². The number of aromatic nitrogens is 2. The molecule has 0 spiro atoms. The van der Waals surface area contributed by atoms with E-state index in [9.17, 15) is 0 Å². The van der Waals surface area contributed by atoms with Gasteiger partial charge in [0.25, 0.3) is 0 Å². The van der Waals surface area contributed by atoms with Crippen molar-refractivity contribution in [2.75, 3.05) is 37.1 Å². The summed E-state index contributed by atoms with van der Waals surface area (Å²) in [6.07, 6.45) is 0. The van der Waals surface area contributed by atoms with Crippen LogP contribution in [-0.2, 0) is 10.2 Å². The van der Waals surface area contributed by atoms with Gasteiger partial charge in [-0.3, -0.25) is 0 Å². The third-order valence-electron chi connectivity index (χ3n) is 2.73. The summed E-state index contributed by atoms with van der Waals surface area (Å²) in [7, 11) is 0. The van der Waals surface area contributed by atoms with Crippen molar-refractivity contribution in [1.82, 2.24) is 9.97 Å². The third kappa shape index (κ3) is 4.59. The molecule has 0 saturated heterocycles. The van der Waals surface area contributed by atoms with E-state index in [1.54, 1.807) is 0 Å². The lowest BCUT2D eigenvalue weighted by Gasteiger charge is -2.20. The molecule has 0 aliphatic carbocycles. The van der Waals surface area contributed by atoms with Gasteiger partial charge in [-0.15, -0.1) is 0 Å². The molecular weight excluding hydrogens is 258 g/mol. The molecule has 5 N–H and O–H groups in total. The molecular formula is C13H25N5O2. The summed E-state index contributed by atoms with van der Waals surface area (Å²) < 4.78 is 5.20. The maximum atomic E-state index is 8.63. The number of aliphatic hydroxyl groups is 1. The highest BCUT2D eigenvalue weighted by Gasteiger charge is 2.20. The van der Waals surface area contributed by atoms with Crippen molar-refractivity contribution in [2.45, 2.75) is 33.1 Å². The first-order valence-electron chi connectivity index (χ1n) is 6.68. The summed E-state index contributed by atoms with van der Waals surface area (Å²) in [4.78, 5) is 8.98. The summed E-state index contributed by atoms with van der Waals surface area (Å²) >= 11 is 0. The molecule has 0 bridgehead atoms. The monoisotopic (exact) mass is 283 g/mol. The summed E-state index contributed by atoms with van der Waals surface area (Å²) in [5.74, 6) is 7.58. The number of ether oxygens (including phenoxy) is 1. The molecule has 1 aromatic rings. The first kappa shape index (κ1) is 16.6. The first-order chi connectivity index (χ1) is 9.40. The fraction of sp³-hybridized carbons (Fsp3) is 0.692. The zero-order valence-corrected chi connectivity index (χ0v) is 12.7. The van der Waals surface area contributed by atoms with Crippen LogP contribution in [0.1, 0.15) is 32.2 Å². The first-order valence-corrected chi connectivity index (χ1v) is 6.68. The van der Waals surface area contributed by atoms with Gasteiger partial charge in [-0.1, -0.05) is 20.8 Å². The Morgan fingerprint density at radius 2 is 1.85 bits per heavy atom. The van der Waals surface area contributed by atoms with Crippen LogP contribution in [0, 0.1) is 6.92 Å². The number of anilines is 2. The average Bonchev–Trinajstić information content (AvgIpc) is 2.39. The minimum atomic E-state index is -0.164. The van der Waals surface area contributed by atoms with Crippen LogP contribution in [0.4, 0.5) is 11.6 Å². The normalized spacial score (nSPS) is 11.5. The van der Waals surface area contributed by atoms with Gasteiger partial charge in [0.15, 0.2) is 0 Å². The van der Waals surface area contributed by atoms with Crippen LogP contribution in [0.2, 0.25) is 0 Å². The van der Waals surface area contributed by atoms with Gasteiger partial charge in [0.05, 0.1) is 19.8 Å². The molecule has 1 aromatic heterocycles. The van der Waals surface area contributed by atoms with Gasteiger partial charge in [0.1, 0.15) is 17.5 Å². The third-order valence-corrected chi connectivity index (χ3v) is 2.73. The van der Waals surface area contributed by atoms with Gasteiger partial charge in [-0.05, 0) is 6.92 Å². The van der Waals surface area contributed by atoms with Crippen LogP contribution in [0.15, 0.2) is 0 Å². The Balaban J connectivity index is 2.83. The van der Waals surface area contributed by atoms with Gasteiger partial charge in [0.2, 0.25) is 0 Å². The zero-order chi connectivity index (χ0) is 15.2. The van der Waals surface area contributed by atoms with E-state index < -0.39 is 0 Å². The number of hydrogen-bond donors (Lipinski definition) is 4. The topological polar surface area (TPSA) is 105 Å². The summed E-state index contributed by atoms with van der Waals surface area (Å²) in [5.41, 5.74) is 3.30. The molecule has 0 aliphatic rings. The molecule has 0 atom stereocenters. The fourth-order valence-corrected chi connectivity index (χ4v) is 1.57. The number of nitrogen functional groups attached to an aromatic ring is 1. The lowest BCUT2D eigenvalue weighted by atomic mass is 9.95. The van der Waals surface area contributed by atoms with E-state index >= 15 is 0 Å². The molecule has 0 unspecified atom stereocenters. The molecule has 0 radical (unpaired) electrons. The van der Waals surface area contributed by atoms with Crippen LogP contribution < -0.4 is 16.6 Å². The lowest BCUT2D eigenvalue weighted by Crippen LogP contribution is -2.22. The molecule has 0 fully saturated rings. The zero-order valence-electron chi connectivity index (χ0n) is 12.7. The fourth-order valence-electron chi connectivity index (χ4n) is 1.57. The van der Waals surface area contributed by atoms with Crippen molar-refractivity contribution < 1.29 is 9.84 Å². The van der Waals surface area contributed by atoms with E-state index in [0.29, 0.717) is 25.6 Å². The van der Waals surface area contributed by atoms with Crippen LogP contribution in [0.5, 0.6) is 0 Å². The van der Waals surface area contributed by atoms with Gasteiger partial charge >= 0.3 is 0 Å². The summed E-state index contributed by atoms with van der Waals surface area (Å²) in [5, 5.41) is 11.8. The number of nitrogens with zero attached hydrogens (tertiary/aromatic N) is 2. The highest BCUT2D eigenvalue weighted by atomic mass is 16.5. The maximum Gasteiger partial charge on any atom is 0.148 e. The molecule has 7 heteroatoms. The summed E-state index contributed by atoms with van der Waals surface area (Å²) in [6.45, 7) is 9.52. The number of hydrazine groups is 1. The van der Waals surface area contributed by atoms with Crippen molar-refractivity contribution in [3.8, 4) is 0 Å².